The van der Waals surface area contributed by atoms with Crippen molar-refractivity contribution in [3.8, 4) is 0 Å². The topological polar surface area (TPSA) is 93.2 Å². The first-order valence-corrected chi connectivity index (χ1v) is 9.30. The summed E-state index contributed by atoms with van der Waals surface area (Å²) in [7, 11) is 0. The molecule has 2 N–H and O–H groups in total. The molecule has 140 valence electrons. The number of fused-ring (bicyclic) bond motifs is 1. The quantitative estimate of drug-likeness (QED) is 0.641. The molecule has 1 amide bonds. The second-order valence-corrected chi connectivity index (χ2v) is 6.96. The molecule has 7 nitrogen and oxygen atoms in total. The third-order valence-electron chi connectivity index (χ3n) is 3.83. The van der Waals surface area contributed by atoms with Crippen LogP contribution in [0.2, 0.25) is 0 Å². The van der Waals surface area contributed by atoms with Crippen LogP contribution in [-0.2, 0) is 9.53 Å². The summed E-state index contributed by atoms with van der Waals surface area (Å²) in [6.45, 7) is 7.25. The fraction of sp³-hybridized carbons (Fsp3) is 0.263. The van der Waals surface area contributed by atoms with E-state index in [9.17, 15) is 9.59 Å². The Morgan fingerprint density at radius 2 is 1.78 bits per heavy atom. The van der Waals surface area contributed by atoms with E-state index in [0.29, 0.717) is 28.8 Å². The maximum absolute atomic E-state index is 12.2. The van der Waals surface area contributed by atoms with Gasteiger partial charge in [-0.2, -0.15) is 0 Å². The van der Waals surface area contributed by atoms with E-state index in [4.69, 9.17) is 4.74 Å². The summed E-state index contributed by atoms with van der Waals surface area (Å²) in [6.07, 6.45) is 0. The fourth-order valence-electron chi connectivity index (χ4n) is 2.70. The largest absolute Gasteiger partial charge is 0.462 e. The van der Waals surface area contributed by atoms with Crippen LogP contribution in [0.25, 0.3) is 10.2 Å². The zero-order chi connectivity index (χ0) is 19.6. The van der Waals surface area contributed by atoms with Crippen molar-refractivity contribution in [2.45, 2.75) is 27.7 Å². The Hall–Kier alpha value is -3.00. The maximum atomic E-state index is 12.2. The molecule has 0 bridgehead atoms. The minimum Gasteiger partial charge on any atom is -0.462 e. The minimum absolute atomic E-state index is 0.121. The highest BCUT2D eigenvalue weighted by molar-refractivity contribution is 7.20. The van der Waals surface area contributed by atoms with Gasteiger partial charge < -0.3 is 15.4 Å². The van der Waals surface area contributed by atoms with Crippen molar-refractivity contribution in [2.75, 3.05) is 17.2 Å². The number of amides is 1. The molecule has 3 rings (SSSR count). The average Bonchev–Trinajstić information content (AvgIpc) is 2.93. The number of carbonyl (C=O) groups is 2. The van der Waals surface area contributed by atoms with E-state index in [2.05, 4.69) is 20.6 Å². The standard InChI is InChI=1S/C19H20N4O3S/c1-5-26-19(25)16-10(2)15-17(20-11(3)21-18(15)27-16)23-14-8-6-13(7-9-14)22-12(4)24/h6-9H,5H2,1-4H3,(H,22,24)(H,20,21,23). The lowest BCUT2D eigenvalue weighted by Crippen LogP contribution is -2.05. The van der Waals surface area contributed by atoms with Crippen LogP contribution in [0.3, 0.4) is 0 Å². The Labute approximate surface area is 160 Å². The Morgan fingerprint density at radius 1 is 1.11 bits per heavy atom. The Bertz CT molecular complexity index is 1010. The number of esters is 1. The van der Waals surface area contributed by atoms with Gasteiger partial charge in [-0.25, -0.2) is 14.8 Å². The molecule has 0 spiro atoms. The van der Waals surface area contributed by atoms with Gasteiger partial charge >= 0.3 is 5.97 Å². The van der Waals surface area contributed by atoms with Crippen molar-refractivity contribution in [3.05, 3.63) is 40.5 Å². The van der Waals surface area contributed by atoms with Gasteiger partial charge in [0.05, 0.1) is 12.0 Å². The van der Waals surface area contributed by atoms with Gasteiger partial charge in [0, 0.05) is 18.3 Å². The smallest absolute Gasteiger partial charge is 0.348 e. The van der Waals surface area contributed by atoms with Crippen molar-refractivity contribution in [3.63, 3.8) is 0 Å². The lowest BCUT2D eigenvalue weighted by Gasteiger charge is -2.10. The lowest BCUT2D eigenvalue weighted by molar-refractivity contribution is -0.114. The number of rotatable bonds is 5. The first-order valence-electron chi connectivity index (χ1n) is 8.48. The summed E-state index contributed by atoms with van der Waals surface area (Å²) < 4.78 is 5.14. The van der Waals surface area contributed by atoms with Gasteiger partial charge in [-0.1, -0.05) is 0 Å². The number of nitrogens with one attached hydrogen (secondary N) is 2. The summed E-state index contributed by atoms with van der Waals surface area (Å²) in [5, 5.41) is 6.82. The summed E-state index contributed by atoms with van der Waals surface area (Å²) in [6, 6.07) is 7.31. The number of benzene rings is 1. The molecular formula is C19H20N4O3S. The Balaban J connectivity index is 1.98. The molecule has 0 fully saturated rings. The van der Waals surface area contributed by atoms with E-state index in [0.717, 1.165) is 21.5 Å². The highest BCUT2D eigenvalue weighted by atomic mass is 32.1. The third-order valence-corrected chi connectivity index (χ3v) is 5.00. The number of nitrogens with zero attached hydrogens (tertiary/aromatic N) is 2. The molecule has 0 unspecified atom stereocenters. The van der Waals surface area contributed by atoms with Crippen LogP contribution in [0.15, 0.2) is 24.3 Å². The van der Waals surface area contributed by atoms with E-state index in [-0.39, 0.29) is 11.9 Å². The zero-order valence-corrected chi connectivity index (χ0v) is 16.4. The molecule has 0 saturated carbocycles. The highest BCUT2D eigenvalue weighted by Gasteiger charge is 2.21. The van der Waals surface area contributed by atoms with Gasteiger partial charge in [0.1, 0.15) is 21.3 Å². The number of aryl methyl sites for hydroxylation is 2. The average molecular weight is 384 g/mol. The Kier molecular flexibility index (Phi) is 5.36. The third kappa shape index (κ3) is 4.06. The molecule has 8 heteroatoms. The van der Waals surface area contributed by atoms with Crippen LogP contribution < -0.4 is 10.6 Å². The van der Waals surface area contributed by atoms with Gasteiger partial charge in [0.15, 0.2) is 0 Å². The molecule has 2 aromatic heterocycles. The van der Waals surface area contributed by atoms with Crippen molar-refractivity contribution in [1.82, 2.24) is 9.97 Å². The summed E-state index contributed by atoms with van der Waals surface area (Å²) in [5.74, 6) is 0.774. The van der Waals surface area contributed by atoms with Gasteiger partial charge in [-0.15, -0.1) is 11.3 Å². The van der Waals surface area contributed by atoms with Crippen LogP contribution in [0.1, 0.15) is 34.9 Å². The van der Waals surface area contributed by atoms with Crippen molar-refractivity contribution in [1.29, 1.82) is 0 Å². The molecule has 27 heavy (non-hydrogen) atoms. The number of hydrogen-bond acceptors (Lipinski definition) is 7. The fourth-order valence-corrected chi connectivity index (χ4v) is 3.82. The molecular weight excluding hydrogens is 364 g/mol. The van der Waals surface area contributed by atoms with Crippen LogP contribution in [0, 0.1) is 13.8 Å². The molecule has 0 atom stereocenters. The first kappa shape index (κ1) is 18.8. The van der Waals surface area contributed by atoms with E-state index in [1.165, 1.54) is 18.3 Å². The van der Waals surface area contributed by atoms with Crippen molar-refractivity contribution < 1.29 is 14.3 Å². The SMILES string of the molecule is CCOC(=O)c1sc2nc(C)nc(Nc3ccc(NC(C)=O)cc3)c2c1C. The second-order valence-electron chi connectivity index (χ2n) is 5.96. The number of thiophene rings is 1. The minimum atomic E-state index is -0.346. The molecule has 0 radical (unpaired) electrons. The summed E-state index contributed by atoms with van der Waals surface area (Å²) in [4.78, 5) is 33.6. The monoisotopic (exact) mass is 384 g/mol. The second kappa shape index (κ2) is 7.71. The van der Waals surface area contributed by atoms with Crippen LogP contribution in [0.4, 0.5) is 17.2 Å². The molecule has 0 aliphatic rings. The normalized spacial score (nSPS) is 10.7. The zero-order valence-electron chi connectivity index (χ0n) is 15.5. The van der Waals surface area contributed by atoms with Gasteiger partial charge in [0.2, 0.25) is 5.91 Å². The highest BCUT2D eigenvalue weighted by Crippen LogP contribution is 2.35. The first-order chi connectivity index (χ1) is 12.9. The van der Waals surface area contributed by atoms with E-state index in [1.807, 2.05) is 26.0 Å². The van der Waals surface area contributed by atoms with Crippen molar-refractivity contribution in [2.24, 2.45) is 0 Å². The number of aromatic nitrogens is 2. The molecule has 0 saturated heterocycles. The van der Waals surface area contributed by atoms with Crippen LogP contribution in [-0.4, -0.2) is 28.5 Å². The van der Waals surface area contributed by atoms with Gasteiger partial charge in [0.25, 0.3) is 0 Å². The maximum Gasteiger partial charge on any atom is 0.348 e. The molecule has 0 aliphatic carbocycles. The van der Waals surface area contributed by atoms with Crippen LogP contribution in [0.5, 0.6) is 0 Å². The summed E-state index contributed by atoms with van der Waals surface area (Å²) >= 11 is 1.31. The van der Waals surface area contributed by atoms with Gasteiger partial charge in [-0.05, 0) is 50.6 Å². The number of hydrogen-bond donors (Lipinski definition) is 2. The number of ether oxygens (including phenoxy) is 1. The van der Waals surface area contributed by atoms with E-state index < -0.39 is 0 Å². The Morgan fingerprint density at radius 3 is 2.41 bits per heavy atom. The lowest BCUT2D eigenvalue weighted by atomic mass is 10.2. The number of carbonyl (C=O) groups excluding carboxylic acids is 2. The summed E-state index contributed by atoms with van der Waals surface area (Å²) in [5.41, 5.74) is 2.32. The predicted octanol–water partition coefficient (Wildman–Crippen LogP) is 4.19. The number of anilines is 3. The van der Waals surface area contributed by atoms with E-state index in [1.54, 1.807) is 19.1 Å². The molecule has 2 heterocycles. The van der Waals surface area contributed by atoms with E-state index >= 15 is 0 Å². The molecule has 1 aromatic carbocycles. The predicted molar refractivity (Wildman–Crippen MR) is 107 cm³/mol. The van der Waals surface area contributed by atoms with Crippen molar-refractivity contribution >= 4 is 50.6 Å². The molecule has 0 aliphatic heterocycles. The van der Waals surface area contributed by atoms with Gasteiger partial charge in [-0.3, -0.25) is 4.79 Å². The van der Waals surface area contributed by atoms with Crippen LogP contribution >= 0.6 is 11.3 Å². The molecule has 3 aromatic rings.